The van der Waals surface area contributed by atoms with Gasteiger partial charge >= 0.3 is 5.97 Å². The fourth-order valence-electron chi connectivity index (χ4n) is 7.08. The molecule has 0 bridgehead atoms. The van der Waals surface area contributed by atoms with E-state index in [2.05, 4.69) is 11.9 Å². The molecule has 6 atom stereocenters. The van der Waals surface area contributed by atoms with Gasteiger partial charge in [-0.05, 0) is 66.9 Å². The van der Waals surface area contributed by atoms with Gasteiger partial charge in [-0.3, -0.25) is 14.0 Å². The Bertz CT molecular complexity index is 1290. The first-order valence-electron chi connectivity index (χ1n) is 12.5. The first kappa shape index (κ1) is 25.1. The number of benzene rings is 1. The van der Waals surface area contributed by atoms with Gasteiger partial charge in [0.05, 0.1) is 30.6 Å². The standard InChI is InChI=1S/C28H32FNO5S/c1-27(13-11-22-9-7-19(16-30-22)18-5-4-6-21(29)15-18)23-10-8-20-17-34-26(31)25(20)28(23,2)14-12-24(27)35-36(3,32)33/h4-7,9,11,13,15-16,20,23-25H,8,10,12,14,17H2,1-3H3/b13-11+/t20-,23-,24-,25+,27-,28-/m1/s1. The number of hydrogen-bond acceptors (Lipinski definition) is 6. The lowest BCUT2D eigenvalue weighted by atomic mass is 9.45. The Hall–Kier alpha value is -2.58. The van der Waals surface area contributed by atoms with Gasteiger partial charge in [-0.25, -0.2) is 4.39 Å². The molecular weight excluding hydrogens is 481 g/mol. The number of fused-ring (bicyclic) bond motifs is 3. The summed E-state index contributed by atoms with van der Waals surface area (Å²) in [4.78, 5) is 17.3. The molecule has 5 rings (SSSR count). The van der Waals surface area contributed by atoms with Crippen LogP contribution < -0.4 is 0 Å². The highest BCUT2D eigenvalue weighted by Crippen LogP contribution is 2.63. The molecule has 8 heteroatoms. The van der Waals surface area contributed by atoms with E-state index in [1.54, 1.807) is 12.3 Å². The minimum Gasteiger partial charge on any atom is -0.465 e. The van der Waals surface area contributed by atoms with Gasteiger partial charge in [0.15, 0.2) is 0 Å². The van der Waals surface area contributed by atoms with Crippen LogP contribution in [-0.4, -0.2) is 38.3 Å². The summed E-state index contributed by atoms with van der Waals surface area (Å²) in [5.41, 5.74) is 1.32. The molecule has 0 amide bonds. The van der Waals surface area contributed by atoms with Gasteiger partial charge < -0.3 is 4.74 Å². The van der Waals surface area contributed by atoms with E-state index in [0.29, 0.717) is 25.1 Å². The molecule has 0 unspecified atom stereocenters. The maximum atomic E-state index is 13.6. The second-order valence-corrected chi connectivity index (χ2v) is 12.6. The molecule has 2 aliphatic carbocycles. The van der Waals surface area contributed by atoms with Crippen molar-refractivity contribution in [3.05, 3.63) is 60.2 Å². The van der Waals surface area contributed by atoms with E-state index in [1.807, 2.05) is 37.3 Å². The monoisotopic (exact) mass is 513 g/mol. The molecule has 1 aliphatic heterocycles. The van der Waals surface area contributed by atoms with E-state index >= 15 is 0 Å². The minimum absolute atomic E-state index is 0.0419. The molecule has 0 radical (unpaired) electrons. The number of aromatic nitrogens is 1. The van der Waals surface area contributed by atoms with Crippen LogP contribution in [0.15, 0.2) is 48.7 Å². The molecule has 3 fully saturated rings. The number of carbonyl (C=O) groups excluding carboxylic acids is 1. The SMILES string of the molecule is C[C@@]1(/C=C/c2ccc(-c3cccc(F)c3)cn2)[C@H]2CC[C@@H]3COC(=O)[C@H]3[C@]2(C)CC[C@H]1OS(C)(=O)=O. The predicted octanol–water partition coefficient (Wildman–Crippen LogP) is 5.25. The number of cyclic esters (lactones) is 1. The number of ether oxygens (including phenoxy) is 1. The van der Waals surface area contributed by atoms with Gasteiger partial charge in [-0.2, -0.15) is 8.42 Å². The Balaban J connectivity index is 1.48. The highest BCUT2D eigenvalue weighted by Gasteiger charge is 2.63. The maximum absolute atomic E-state index is 13.6. The van der Waals surface area contributed by atoms with Gasteiger partial charge in [0.1, 0.15) is 5.82 Å². The van der Waals surface area contributed by atoms with Crippen molar-refractivity contribution in [1.82, 2.24) is 4.98 Å². The minimum atomic E-state index is -3.68. The highest BCUT2D eigenvalue weighted by atomic mass is 32.2. The summed E-state index contributed by atoms with van der Waals surface area (Å²) in [6.07, 6.45) is 9.14. The van der Waals surface area contributed by atoms with Crippen LogP contribution in [-0.2, 0) is 23.8 Å². The van der Waals surface area contributed by atoms with Crippen molar-refractivity contribution in [3.63, 3.8) is 0 Å². The number of halogens is 1. The zero-order valence-corrected chi connectivity index (χ0v) is 21.6. The first-order valence-corrected chi connectivity index (χ1v) is 14.3. The molecule has 6 nitrogen and oxygen atoms in total. The molecule has 1 aromatic carbocycles. The second-order valence-electron chi connectivity index (χ2n) is 11.0. The van der Waals surface area contributed by atoms with Crippen molar-refractivity contribution in [1.29, 1.82) is 0 Å². The lowest BCUT2D eigenvalue weighted by Crippen LogP contribution is -2.58. The molecule has 1 aromatic heterocycles. The summed E-state index contributed by atoms with van der Waals surface area (Å²) < 4.78 is 49.1. The molecule has 0 spiro atoms. The summed E-state index contributed by atoms with van der Waals surface area (Å²) >= 11 is 0. The van der Waals surface area contributed by atoms with Gasteiger partial charge in [0.2, 0.25) is 0 Å². The van der Waals surface area contributed by atoms with Crippen LogP contribution in [0.1, 0.15) is 45.2 Å². The van der Waals surface area contributed by atoms with E-state index in [9.17, 15) is 17.6 Å². The number of carbonyl (C=O) groups is 1. The van der Waals surface area contributed by atoms with Crippen LogP contribution in [0.3, 0.4) is 0 Å². The molecule has 2 aromatic rings. The average Bonchev–Trinajstić information content (AvgIpc) is 3.21. The number of esters is 1. The summed E-state index contributed by atoms with van der Waals surface area (Å²) in [6, 6.07) is 10.1. The molecular formula is C28H32FNO5S. The van der Waals surface area contributed by atoms with Gasteiger partial charge in [-0.1, -0.05) is 38.1 Å². The van der Waals surface area contributed by atoms with E-state index in [1.165, 1.54) is 12.1 Å². The quantitative estimate of drug-likeness (QED) is 0.401. The van der Waals surface area contributed by atoms with Gasteiger partial charge in [-0.15, -0.1) is 0 Å². The average molecular weight is 514 g/mol. The number of hydrogen-bond donors (Lipinski definition) is 0. The van der Waals surface area contributed by atoms with Crippen molar-refractivity contribution in [2.24, 2.45) is 28.6 Å². The van der Waals surface area contributed by atoms with E-state index in [4.69, 9.17) is 8.92 Å². The fraction of sp³-hybridized carbons (Fsp3) is 0.500. The van der Waals surface area contributed by atoms with Crippen LogP contribution in [0.4, 0.5) is 4.39 Å². The van der Waals surface area contributed by atoms with E-state index in [-0.39, 0.29) is 35.0 Å². The zero-order chi connectivity index (χ0) is 25.7. The lowest BCUT2D eigenvalue weighted by Gasteiger charge is -2.59. The number of nitrogens with zero attached hydrogens (tertiary/aromatic N) is 1. The van der Waals surface area contributed by atoms with Gasteiger partial charge in [0.25, 0.3) is 10.1 Å². The predicted molar refractivity (Wildman–Crippen MR) is 134 cm³/mol. The Morgan fingerprint density at radius 2 is 1.94 bits per heavy atom. The summed E-state index contributed by atoms with van der Waals surface area (Å²) in [6.45, 7) is 4.68. The molecule has 2 heterocycles. The Morgan fingerprint density at radius 3 is 2.64 bits per heavy atom. The molecule has 1 saturated heterocycles. The number of rotatable bonds is 5. The lowest BCUT2D eigenvalue weighted by molar-refractivity contribution is -0.157. The zero-order valence-electron chi connectivity index (χ0n) is 20.8. The maximum Gasteiger partial charge on any atom is 0.309 e. The molecule has 3 aliphatic rings. The Kier molecular flexibility index (Phi) is 6.32. The first-order chi connectivity index (χ1) is 17.0. The molecule has 2 saturated carbocycles. The number of pyridine rings is 1. The van der Waals surface area contributed by atoms with Crippen LogP contribution in [0.25, 0.3) is 17.2 Å². The smallest absolute Gasteiger partial charge is 0.309 e. The van der Waals surface area contributed by atoms with Crippen molar-refractivity contribution in [2.75, 3.05) is 12.9 Å². The topological polar surface area (TPSA) is 82.6 Å². The van der Waals surface area contributed by atoms with Crippen LogP contribution in [0.5, 0.6) is 0 Å². The van der Waals surface area contributed by atoms with Crippen LogP contribution in [0.2, 0.25) is 0 Å². The third-order valence-electron chi connectivity index (χ3n) is 8.74. The molecule has 192 valence electrons. The third-order valence-corrected chi connectivity index (χ3v) is 9.32. The third kappa shape index (κ3) is 4.50. The van der Waals surface area contributed by atoms with E-state index < -0.39 is 21.6 Å². The largest absolute Gasteiger partial charge is 0.465 e. The van der Waals surface area contributed by atoms with Crippen molar-refractivity contribution < 1.29 is 26.5 Å². The van der Waals surface area contributed by atoms with E-state index in [0.717, 1.165) is 30.2 Å². The Morgan fingerprint density at radius 1 is 1.14 bits per heavy atom. The summed E-state index contributed by atoms with van der Waals surface area (Å²) in [7, 11) is -3.68. The summed E-state index contributed by atoms with van der Waals surface area (Å²) in [5.74, 6) is -0.346. The van der Waals surface area contributed by atoms with Gasteiger partial charge in [0, 0.05) is 23.1 Å². The fourth-order valence-corrected chi connectivity index (χ4v) is 7.80. The van der Waals surface area contributed by atoms with Crippen molar-refractivity contribution in [2.45, 2.75) is 45.6 Å². The van der Waals surface area contributed by atoms with Crippen LogP contribution in [0, 0.1) is 34.4 Å². The van der Waals surface area contributed by atoms with Crippen LogP contribution >= 0.6 is 0 Å². The summed E-state index contributed by atoms with van der Waals surface area (Å²) in [5, 5.41) is 0. The second kappa shape index (κ2) is 9.06. The molecule has 36 heavy (non-hydrogen) atoms. The normalized spacial score (nSPS) is 34.3. The highest BCUT2D eigenvalue weighted by molar-refractivity contribution is 7.86. The molecule has 0 N–H and O–H groups in total. The van der Waals surface area contributed by atoms with Crippen molar-refractivity contribution >= 4 is 22.2 Å². The van der Waals surface area contributed by atoms with Crippen molar-refractivity contribution in [3.8, 4) is 11.1 Å². The Labute approximate surface area is 212 Å².